The zero-order chi connectivity index (χ0) is 24.9. The van der Waals surface area contributed by atoms with Crippen LogP contribution in [0.4, 0.5) is 0 Å². The Kier molecular flexibility index (Phi) is 8.46. The lowest BCUT2D eigenvalue weighted by Crippen LogP contribution is -2.05. The van der Waals surface area contributed by atoms with E-state index in [1.54, 1.807) is 0 Å². The predicted octanol–water partition coefficient (Wildman–Crippen LogP) is 10.3. The van der Waals surface area contributed by atoms with Crippen LogP contribution >= 0.6 is 11.8 Å². The molecule has 0 aliphatic heterocycles. The first-order chi connectivity index (χ1) is 16.8. The molecule has 0 aliphatic rings. The van der Waals surface area contributed by atoms with Gasteiger partial charge < -0.3 is 0 Å². The monoisotopic (exact) mass is 497 g/mol. The molecule has 0 bridgehead atoms. The number of hydrogen-bond donors (Lipinski definition) is 0. The van der Waals surface area contributed by atoms with Gasteiger partial charge in [0.15, 0.2) is 14.7 Å². The Balaban J connectivity index is 1.63. The van der Waals surface area contributed by atoms with Crippen molar-refractivity contribution < 1.29 is 0 Å². The van der Waals surface area contributed by atoms with Crippen LogP contribution in [0.1, 0.15) is 76.0 Å². The molecule has 4 rings (SSSR count). The molecule has 0 amide bonds. The van der Waals surface area contributed by atoms with Gasteiger partial charge in [0, 0.05) is 9.79 Å². The fourth-order valence-corrected chi connectivity index (χ4v) is 6.94. The van der Waals surface area contributed by atoms with Gasteiger partial charge >= 0.3 is 0 Å². The van der Waals surface area contributed by atoms with E-state index in [1.807, 2.05) is 11.8 Å². The molecule has 180 valence electrons. The second-order valence-corrected chi connectivity index (χ2v) is 13.2. The molecule has 4 aromatic rings. The zero-order valence-electron chi connectivity index (χ0n) is 21.8. The highest BCUT2D eigenvalue weighted by molar-refractivity contribution is 7.99. The second-order valence-electron chi connectivity index (χ2n) is 10.1. The Morgan fingerprint density at radius 3 is 0.971 bits per heavy atom. The quantitative estimate of drug-likeness (QED) is 0.218. The van der Waals surface area contributed by atoms with E-state index in [4.69, 9.17) is 0 Å². The molecular formula is C33H37S2+. The van der Waals surface area contributed by atoms with E-state index in [1.165, 1.54) is 41.2 Å². The van der Waals surface area contributed by atoms with Crippen LogP contribution in [0.2, 0.25) is 0 Å². The highest BCUT2D eigenvalue weighted by Crippen LogP contribution is 2.35. The highest BCUT2D eigenvalue weighted by atomic mass is 32.2. The van der Waals surface area contributed by atoms with Crippen molar-refractivity contribution in [1.29, 1.82) is 0 Å². The van der Waals surface area contributed by atoms with Crippen LogP contribution in [0.5, 0.6) is 0 Å². The second kappa shape index (κ2) is 11.5. The van der Waals surface area contributed by atoms with Crippen LogP contribution in [0.25, 0.3) is 0 Å². The van der Waals surface area contributed by atoms with Gasteiger partial charge in [0.05, 0.1) is 10.9 Å². The average molecular weight is 498 g/mol. The fraction of sp³-hybridized carbons (Fsp3) is 0.273. The summed E-state index contributed by atoms with van der Waals surface area (Å²) in [5, 5.41) is 0. The molecule has 0 aromatic heterocycles. The van der Waals surface area contributed by atoms with Crippen molar-refractivity contribution in [2.75, 3.05) is 0 Å². The van der Waals surface area contributed by atoms with Crippen molar-refractivity contribution in [2.24, 2.45) is 0 Å². The summed E-state index contributed by atoms with van der Waals surface area (Å²) in [6.45, 7) is 13.5. The Morgan fingerprint density at radius 2 is 0.657 bits per heavy atom. The van der Waals surface area contributed by atoms with Crippen molar-refractivity contribution in [1.82, 2.24) is 0 Å². The van der Waals surface area contributed by atoms with E-state index in [2.05, 4.69) is 139 Å². The molecule has 0 atom stereocenters. The maximum Gasteiger partial charge on any atom is 0.166 e. The Bertz CT molecular complexity index is 1150. The third kappa shape index (κ3) is 6.42. The number of rotatable bonds is 8. The molecule has 0 heterocycles. The summed E-state index contributed by atoms with van der Waals surface area (Å²) in [4.78, 5) is 6.67. The molecule has 4 aromatic carbocycles. The summed E-state index contributed by atoms with van der Waals surface area (Å²) in [6.07, 6.45) is 0. The summed E-state index contributed by atoms with van der Waals surface area (Å²) < 4.78 is 0. The third-order valence-electron chi connectivity index (χ3n) is 6.41. The molecule has 0 aliphatic carbocycles. The smallest absolute Gasteiger partial charge is 0.0901 e. The molecule has 0 fully saturated rings. The molecule has 2 heteroatoms. The molecule has 0 nitrogen and oxygen atoms in total. The van der Waals surface area contributed by atoms with E-state index in [0.717, 1.165) is 0 Å². The minimum absolute atomic E-state index is 0.130. The Labute approximate surface area is 219 Å². The molecule has 35 heavy (non-hydrogen) atoms. The lowest BCUT2D eigenvalue weighted by Gasteiger charge is -2.12. The molecule has 0 unspecified atom stereocenters. The summed E-state index contributed by atoms with van der Waals surface area (Å²) in [6, 6.07) is 36.7. The Morgan fingerprint density at radius 1 is 0.400 bits per heavy atom. The van der Waals surface area contributed by atoms with Gasteiger partial charge in [0.1, 0.15) is 0 Å². The van der Waals surface area contributed by atoms with Crippen molar-refractivity contribution in [3.05, 3.63) is 114 Å². The van der Waals surface area contributed by atoms with E-state index in [-0.39, 0.29) is 10.9 Å². The van der Waals surface area contributed by atoms with E-state index >= 15 is 0 Å². The zero-order valence-corrected chi connectivity index (χ0v) is 23.4. The van der Waals surface area contributed by atoms with Gasteiger partial charge in [-0.25, -0.2) is 0 Å². The molecule has 0 saturated carbocycles. The third-order valence-corrected chi connectivity index (χ3v) is 9.65. The van der Waals surface area contributed by atoms with E-state index < -0.39 is 0 Å². The topological polar surface area (TPSA) is 0 Å². The van der Waals surface area contributed by atoms with Crippen LogP contribution in [-0.2, 0) is 10.9 Å². The summed E-state index contributed by atoms with van der Waals surface area (Å²) in [5.74, 6) is 1.65. The first-order valence-electron chi connectivity index (χ1n) is 12.6. The normalized spacial score (nSPS) is 11.7. The van der Waals surface area contributed by atoms with Crippen LogP contribution in [-0.4, -0.2) is 0 Å². The first kappa shape index (κ1) is 25.7. The fourth-order valence-electron chi connectivity index (χ4n) is 4.09. The maximum absolute atomic E-state index is 2.33. The lowest BCUT2D eigenvalue weighted by atomic mass is 10.0. The standard InChI is InChI=1S/C33H37S2/c1-23(2)26-7-13-29(14-8-26)34-30-15-21-33(22-16-30)35(31-17-9-27(10-18-31)24(3)4)32-19-11-28(12-20-32)25(5)6/h7-25H,1-6H3/q+1. The number of hydrogen-bond acceptors (Lipinski definition) is 1. The minimum atomic E-state index is -0.130. The lowest BCUT2D eigenvalue weighted by molar-refractivity contribution is 0.864. The maximum atomic E-state index is 2.33. The number of benzene rings is 4. The largest absolute Gasteiger partial charge is 0.166 e. The molecule has 0 spiro atoms. The van der Waals surface area contributed by atoms with Crippen molar-refractivity contribution >= 4 is 22.7 Å². The van der Waals surface area contributed by atoms with Gasteiger partial charge in [-0.3, -0.25) is 0 Å². The van der Waals surface area contributed by atoms with Gasteiger partial charge in [0.2, 0.25) is 0 Å². The van der Waals surface area contributed by atoms with Crippen molar-refractivity contribution in [3.63, 3.8) is 0 Å². The van der Waals surface area contributed by atoms with Gasteiger partial charge in [-0.2, -0.15) is 0 Å². The highest BCUT2D eigenvalue weighted by Gasteiger charge is 2.29. The summed E-state index contributed by atoms with van der Waals surface area (Å²) >= 11 is 1.83. The summed E-state index contributed by atoms with van der Waals surface area (Å²) in [7, 11) is -0.130. The van der Waals surface area contributed by atoms with Crippen molar-refractivity contribution in [3.8, 4) is 0 Å². The van der Waals surface area contributed by atoms with Crippen molar-refractivity contribution in [2.45, 2.75) is 83.8 Å². The molecule has 0 N–H and O–H groups in total. The molecule has 0 radical (unpaired) electrons. The molecular weight excluding hydrogens is 460 g/mol. The minimum Gasteiger partial charge on any atom is -0.0901 e. The average Bonchev–Trinajstić information content (AvgIpc) is 2.86. The van der Waals surface area contributed by atoms with Gasteiger partial charge in [0.25, 0.3) is 0 Å². The Hall–Kier alpha value is -2.42. The van der Waals surface area contributed by atoms with E-state index in [9.17, 15) is 0 Å². The van der Waals surface area contributed by atoms with Crippen LogP contribution < -0.4 is 0 Å². The van der Waals surface area contributed by atoms with E-state index in [0.29, 0.717) is 17.8 Å². The first-order valence-corrected chi connectivity index (χ1v) is 14.7. The SMILES string of the molecule is CC(C)c1ccc(Sc2ccc([S+](c3ccc(C(C)C)cc3)c3ccc(C(C)C)cc3)cc2)cc1. The van der Waals surface area contributed by atoms with Gasteiger partial charge in [-0.05, 0) is 95.1 Å². The predicted molar refractivity (Wildman–Crippen MR) is 154 cm³/mol. The van der Waals surface area contributed by atoms with Gasteiger partial charge in [-0.15, -0.1) is 0 Å². The molecule has 0 saturated heterocycles. The van der Waals surface area contributed by atoms with Gasteiger partial charge in [-0.1, -0.05) is 89.7 Å². The van der Waals surface area contributed by atoms with Crippen LogP contribution in [0.3, 0.4) is 0 Å². The van der Waals surface area contributed by atoms with Crippen LogP contribution in [0.15, 0.2) is 122 Å². The van der Waals surface area contributed by atoms with Crippen LogP contribution in [0, 0.1) is 0 Å². The summed E-state index contributed by atoms with van der Waals surface area (Å²) in [5.41, 5.74) is 4.17.